The van der Waals surface area contributed by atoms with Gasteiger partial charge in [0.1, 0.15) is 12.4 Å². The molecule has 2 aromatic heterocycles. The third-order valence-corrected chi connectivity index (χ3v) is 5.07. The molecule has 1 aromatic carbocycles. The van der Waals surface area contributed by atoms with Gasteiger partial charge in [0.25, 0.3) is 5.91 Å². The molecule has 144 valence electrons. The molecule has 28 heavy (non-hydrogen) atoms. The normalized spacial score (nSPS) is 14.2. The molecule has 0 saturated carbocycles. The van der Waals surface area contributed by atoms with Crippen LogP contribution in [0.2, 0.25) is 0 Å². The summed E-state index contributed by atoms with van der Waals surface area (Å²) in [5.74, 6) is 0.556. The Balaban J connectivity index is 1.54. The Morgan fingerprint density at radius 3 is 2.64 bits per heavy atom. The van der Waals surface area contributed by atoms with Gasteiger partial charge in [-0.2, -0.15) is 0 Å². The topological polar surface area (TPSA) is 80.1 Å². The van der Waals surface area contributed by atoms with Crippen molar-refractivity contribution in [3.63, 3.8) is 0 Å². The summed E-state index contributed by atoms with van der Waals surface area (Å²) in [6.45, 7) is 2.12. The molecule has 2 amide bonds. The zero-order valence-electron chi connectivity index (χ0n) is 15.7. The van der Waals surface area contributed by atoms with Crippen LogP contribution in [0.25, 0.3) is 11.0 Å². The fourth-order valence-electron chi connectivity index (χ4n) is 3.57. The minimum Gasteiger partial charge on any atom is -0.345 e. The molecule has 1 aliphatic rings. The lowest BCUT2D eigenvalue weighted by Crippen LogP contribution is -2.38. The molecule has 7 nitrogen and oxygen atoms in total. The van der Waals surface area contributed by atoms with E-state index in [0.717, 1.165) is 37.0 Å². The first-order chi connectivity index (χ1) is 13.7. The summed E-state index contributed by atoms with van der Waals surface area (Å²) >= 11 is 0. The number of nitrogens with zero attached hydrogens (tertiary/aromatic N) is 4. The highest BCUT2D eigenvalue weighted by atomic mass is 16.2. The molecule has 0 spiro atoms. The van der Waals surface area contributed by atoms with E-state index >= 15 is 0 Å². The summed E-state index contributed by atoms with van der Waals surface area (Å²) < 4.78 is 1.91. The largest absolute Gasteiger partial charge is 0.345 e. The number of para-hydroxylation sites is 2. The standard InChI is InChI=1S/C21H23N5O2/c27-20(25-11-4-1-5-12-25)15-26-18-9-3-2-8-17(18)24-19(26)14-23-21(28)16-7-6-10-22-13-16/h2-3,6-10,13H,1,4-5,11-12,14-15H2,(H,23,28). The number of fused-ring (bicyclic) bond motifs is 1. The van der Waals surface area contributed by atoms with Crippen LogP contribution in [0.15, 0.2) is 48.8 Å². The average molecular weight is 377 g/mol. The number of carbonyl (C=O) groups excluding carboxylic acids is 2. The molecule has 7 heteroatoms. The molecular formula is C21H23N5O2. The van der Waals surface area contributed by atoms with Crippen LogP contribution in [0.5, 0.6) is 0 Å². The van der Waals surface area contributed by atoms with Crippen LogP contribution in [0.3, 0.4) is 0 Å². The van der Waals surface area contributed by atoms with Gasteiger partial charge in [0.2, 0.25) is 5.91 Å². The molecule has 1 aliphatic heterocycles. The van der Waals surface area contributed by atoms with Gasteiger partial charge >= 0.3 is 0 Å². The number of hydrogen-bond donors (Lipinski definition) is 1. The summed E-state index contributed by atoms with van der Waals surface area (Å²) in [6, 6.07) is 11.2. The van der Waals surface area contributed by atoms with Crippen molar-refractivity contribution in [3.05, 3.63) is 60.2 Å². The Bertz CT molecular complexity index is 977. The van der Waals surface area contributed by atoms with Gasteiger partial charge in [-0.25, -0.2) is 4.98 Å². The third-order valence-electron chi connectivity index (χ3n) is 5.07. The van der Waals surface area contributed by atoms with Gasteiger partial charge in [-0.15, -0.1) is 0 Å². The van der Waals surface area contributed by atoms with E-state index in [-0.39, 0.29) is 24.9 Å². The van der Waals surface area contributed by atoms with E-state index in [1.807, 2.05) is 33.7 Å². The predicted octanol–water partition coefficient (Wildman–Crippen LogP) is 2.37. The first kappa shape index (κ1) is 18.2. The highest BCUT2D eigenvalue weighted by molar-refractivity contribution is 5.93. The van der Waals surface area contributed by atoms with Crippen molar-refractivity contribution in [3.8, 4) is 0 Å². The van der Waals surface area contributed by atoms with Crippen molar-refractivity contribution < 1.29 is 9.59 Å². The summed E-state index contributed by atoms with van der Waals surface area (Å²) in [5.41, 5.74) is 2.22. The number of aromatic nitrogens is 3. The fraction of sp³-hybridized carbons (Fsp3) is 0.333. The van der Waals surface area contributed by atoms with E-state index in [1.54, 1.807) is 18.3 Å². The van der Waals surface area contributed by atoms with Crippen LogP contribution < -0.4 is 5.32 Å². The zero-order valence-corrected chi connectivity index (χ0v) is 15.7. The average Bonchev–Trinajstić information content (AvgIpc) is 3.10. The Labute approximate surface area is 163 Å². The number of piperidine rings is 1. The van der Waals surface area contributed by atoms with E-state index in [0.29, 0.717) is 11.4 Å². The fourth-order valence-corrected chi connectivity index (χ4v) is 3.57. The third kappa shape index (κ3) is 3.88. The predicted molar refractivity (Wildman–Crippen MR) is 106 cm³/mol. The molecule has 0 bridgehead atoms. The van der Waals surface area contributed by atoms with Gasteiger partial charge in [0.05, 0.1) is 23.1 Å². The molecule has 0 radical (unpaired) electrons. The van der Waals surface area contributed by atoms with Gasteiger partial charge < -0.3 is 14.8 Å². The first-order valence-electron chi connectivity index (χ1n) is 9.62. The number of imidazole rings is 1. The molecule has 4 rings (SSSR count). The number of nitrogens with one attached hydrogen (secondary N) is 1. The molecule has 0 unspecified atom stereocenters. The lowest BCUT2D eigenvalue weighted by atomic mass is 10.1. The number of amides is 2. The number of pyridine rings is 1. The maximum absolute atomic E-state index is 12.8. The van der Waals surface area contributed by atoms with E-state index in [2.05, 4.69) is 15.3 Å². The molecule has 3 heterocycles. The highest BCUT2D eigenvalue weighted by Gasteiger charge is 2.20. The molecule has 1 N–H and O–H groups in total. The van der Waals surface area contributed by atoms with Crippen LogP contribution in [-0.2, 0) is 17.9 Å². The molecule has 1 saturated heterocycles. The molecular weight excluding hydrogens is 354 g/mol. The second-order valence-corrected chi connectivity index (χ2v) is 6.97. The van der Waals surface area contributed by atoms with E-state index in [1.165, 1.54) is 12.6 Å². The quantitative estimate of drug-likeness (QED) is 0.740. The van der Waals surface area contributed by atoms with Gasteiger partial charge in [-0.1, -0.05) is 12.1 Å². The first-order valence-corrected chi connectivity index (χ1v) is 9.62. The number of carbonyl (C=O) groups is 2. The number of rotatable bonds is 5. The Morgan fingerprint density at radius 1 is 1.04 bits per heavy atom. The summed E-state index contributed by atoms with van der Waals surface area (Å²) in [7, 11) is 0. The summed E-state index contributed by atoms with van der Waals surface area (Å²) in [6.07, 6.45) is 6.46. The molecule has 0 aliphatic carbocycles. The van der Waals surface area contributed by atoms with Crippen molar-refractivity contribution in [1.82, 2.24) is 24.8 Å². The smallest absolute Gasteiger partial charge is 0.253 e. The van der Waals surface area contributed by atoms with E-state index in [9.17, 15) is 9.59 Å². The lowest BCUT2D eigenvalue weighted by molar-refractivity contribution is -0.132. The second kappa shape index (κ2) is 8.21. The maximum atomic E-state index is 12.8. The SMILES string of the molecule is O=C(NCc1nc2ccccc2n1CC(=O)N1CCCCC1)c1cccnc1. The lowest BCUT2D eigenvalue weighted by Gasteiger charge is -2.27. The van der Waals surface area contributed by atoms with Gasteiger partial charge in [0.15, 0.2) is 0 Å². The van der Waals surface area contributed by atoms with Crippen LogP contribution in [0, 0.1) is 0 Å². The molecule has 3 aromatic rings. The Morgan fingerprint density at radius 2 is 1.86 bits per heavy atom. The maximum Gasteiger partial charge on any atom is 0.253 e. The second-order valence-electron chi connectivity index (χ2n) is 6.97. The van der Waals surface area contributed by atoms with Crippen LogP contribution in [0.4, 0.5) is 0 Å². The van der Waals surface area contributed by atoms with Crippen molar-refractivity contribution in [2.75, 3.05) is 13.1 Å². The van der Waals surface area contributed by atoms with E-state index in [4.69, 9.17) is 0 Å². The summed E-state index contributed by atoms with van der Waals surface area (Å²) in [4.78, 5) is 35.7. The number of hydrogen-bond acceptors (Lipinski definition) is 4. The van der Waals surface area contributed by atoms with Gasteiger partial charge in [-0.3, -0.25) is 14.6 Å². The number of benzene rings is 1. The molecule has 1 fully saturated rings. The van der Waals surface area contributed by atoms with Gasteiger partial charge in [-0.05, 0) is 43.5 Å². The van der Waals surface area contributed by atoms with Crippen LogP contribution in [0.1, 0.15) is 35.4 Å². The zero-order chi connectivity index (χ0) is 19.3. The van der Waals surface area contributed by atoms with E-state index < -0.39 is 0 Å². The van der Waals surface area contributed by atoms with Crippen LogP contribution >= 0.6 is 0 Å². The Hall–Kier alpha value is -3.22. The minimum atomic E-state index is -0.214. The van der Waals surface area contributed by atoms with Crippen molar-refractivity contribution >= 4 is 22.8 Å². The highest BCUT2D eigenvalue weighted by Crippen LogP contribution is 2.17. The van der Waals surface area contributed by atoms with Crippen molar-refractivity contribution in [1.29, 1.82) is 0 Å². The van der Waals surface area contributed by atoms with Crippen LogP contribution in [-0.4, -0.2) is 44.3 Å². The van der Waals surface area contributed by atoms with Crippen molar-refractivity contribution in [2.45, 2.75) is 32.4 Å². The number of likely N-dealkylation sites (tertiary alicyclic amines) is 1. The summed E-state index contributed by atoms with van der Waals surface area (Å²) in [5, 5.41) is 2.88. The molecule has 0 atom stereocenters. The van der Waals surface area contributed by atoms with Crippen molar-refractivity contribution in [2.24, 2.45) is 0 Å². The minimum absolute atomic E-state index is 0.0997. The Kier molecular flexibility index (Phi) is 5.32. The van der Waals surface area contributed by atoms with Gasteiger partial charge in [0, 0.05) is 25.5 Å². The monoisotopic (exact) mass is 377 g/mol.